The number of carbonyl (C=O) groups excluding carboxylic acids is 1. The zero-order valence-electron chi connectivity index (χ0n) is 13.8. The smallest absolute Gasteiger partial charge is 0.252 e. The van der Waals surface area contributed by atoms with E-state index >= 15 is 0 Å². The van der Waals surface area contributed by atoms with Crippen LogP contribution in [0.15, 0.2) is 36.5 Å². The molecule has 0 fully saturated rings. The molecule has 118 valence electrons. The van der Waals surface area contributed by atoms with Crippen LogP contribution in [0, 0.1) is 6.92 Å². The van der Waals surface area contributed by atoms with Crippen LogP contribution in [0.25, 0.3) is 22.2 Å². The van der Waals surface area contributed by atoms with Gasteiger partial charge in [0.1, 0.15) is 0 Å². The van der Waals surface area contributed by atoms with Gasteiger partial charge in [-0.25, -0.2) is 4.98 Å². The lowest BCUT2D eigenvalue weighted by Gasteiger charge is -2.12. The highest BCUT2D eigenvalue weighted by molar-refractivity contribution is 6.07. The van der Waals surface area contributed by atoms with Gasteiger partial charge in [0.2, 0.25) is 0 Å². The van der Waals surface area contributed by atoms with Gasteiger partial charge in [-0.2, -0.15) is 5.10 Å². The van der Waals surface area contributed by atoms with Crippen molar-refractivity contribution >= 4 is 16.8 Å². The lowest BCUT2D eigenvalue weighted by molar-refractivity contribution is 0.0945. The van der Waals surface area contributed by atoms with Crippen molar-refractivity contribution in [3.63, 3.8) is 0 Å². The first-order valence-corrected chi connectivity index (χ1v) is 7.67. The third kappa shape index (κ3) is 2.82. The quantitative estimate of drug-likeness (QED) is 0.809. The van der Waals surface area contributed by atoms with Crippen molar-refractivity contribution in [2.24, 2.45) is 7.05 Å². The molecule has 0 saturated carbocycles. The summed E-state index contributed by atoms with van der Waals surface area (Å²) in [4.78, 5) is 17.3. The molecule has 2 aromatic heterocycles. The van der Waals surface area contributed by atoms with Crippen LogP contribution in [0.3, 0.4) is 0 Å². The second kappa shape index (κ2) is 5.83. The molecule has 0 spiro atoms. The maximum Gasteiger partial charge on any atom is 0.252 e. The van der Waals surface area contributed by atoms with Gasteiger partial charge in [-0.3, -0.25) is 9.48 Å². The molecule has 5 heteroatoms. The Kier molecular flexibility index (Phi) is 3.86. The molecule has 1 amide bonds. The summed E-state index contributed by atoms with van der Waals surface area (Å²) in [5, 5.41) is 8.09. The molecule has 1 aromatic carbocycles. The zero-order chi connectivity index (χ0) is 16.6. The number of hydrogen-bond donors (Lipinski definition) is 1. The molecule has 3 aromatic rings. The molecule has 0 radical (unpaired) electrons. The third-order valence-corrected chi connectivity index (χ3v) is 3.89. The first-order valence-electron chi connectivity index (χ1n) is 7.67. The topological polar surface area (TPSA) is 59.8 Å². The number of amides is 1. The van der Waals surface area contributed by atoms with Gasteiger partial charge in [-0.05, 0) is 32.9 Å². The molecular formula is C18H20N4O. The van der Waals surface area contributed by atoms with Crippen LogP contribution in [0.5, 0.6) is 0 Å². The lowest BCUT2D eigenvalue weighted by atomic mass is 10.0. The maximum atomic E-state index is 12.6. The highest BCUT2D eigenvalue weighted by Gasteiger charge is 2.16. The van der Waals surface area contributed by atoms with Crippen LogP contribution < -0.4 is 5.32 Å². The number of nitrogens with one attached hydrogen (secondary N) is 1. The first kappa shape index (κ1) is 15.2. The van der Waals surface area contributed by atoms with Gasteiger partial charge in [-0.1, -0.05) is 18.2 Å². The summed E-state index contributed by atoms with van der Waals surface area (Å²) in [6, 6.07) is 9.64. The predicted octanol–water partition coefficient (Wildman–Crippen LogP) is 3.08. The van der Waals surface area contributed by atoms with E-state index in [9.17, 15) is 4.79 Å². The number of hydrogen-bond acceptors (Lipinski definition) is 3. The Morgan fingerprint density at radius 1 is 1.26 bits per heavy atom. The minimum atomic E-state index is -0.0820. The number of aromatic nitrogens is 3. The summed E-state index contributed by atoms with van der Waals surface area (Å²) in [6.07, 6.45) is 1.79. The van der Waals surface area contributed by atoms with Crippen molar-refractivity contribution in [3.05, 3.63) is 47.8 Å². The van der Waals surface area contributed by atoms with E-state index in [2.05, 4.69) is 10.4 Å². The molecular weight excluding hydrogens is 288 g/mol. The van der Waals surface area contributed by atoms with Crippen LogP contribution in [0.1, 0.15) is 29.9 Å². The number of rotatable bonds is 3. The Balaban J connectivity index is 2.21. The summed E-state index contributed by atoms with van der Waals surface area (Å²) in [7, 11) is 1.90. The molecule has 2 heterocycles. The van der Waals surface area contributed by atoms with Crippen LogP contribution in [0.2, 0.25) is 0 Å². The summed E-state index contributed by atoms with van der Waals surface area (Å²) < 4.78 is 1.81. The second-order valence-corrected chi connectivity index (χ2v) is 5.97. The Morgan fingerprint density at radius 2 is 2.00 bits per heavy atom. The fraction of sp³-hybridized carbons (Fsp3) is 0.278. The minimum Gasteiger partial charge on any atom is -0.350 e. The fourth-order valence-corrected chi connectivity index (χ4v) is 2.59. The third-order valence-electron chi connectivity index (χ3n) is 3.89. The van der Waals surface area contributed by atoms with Gasteiger partial charge in [-0.15, -0.1) is 0 Å². The number of nitrogens with zero attached hydrogens (tertiary/aromatic N) is 3. The van der Waals surface area contributed by atoms with E-state index in [0.717, 1.165) is 27.9 Å². The molecule has 0 bridgehead atoms. The van der Waals surface area contributed by atoms with Gasteiger partial charge >= 0.3 is 0 Å². The molecule has 0 unspecified atom stereocenters. The SMILES string of the molecule is Cc1c(-c2cc(C(=O)NC(C)C)c3ccccc3n2)cnn1C. The predicted molar refractivity (Wildman–Crippen MR) is 91.3 cm³/mol. The highest BCUT2D eigenvalue weighted by Crippen LogP contribution is 2.26. The molecule has 0 aliphatic heterocycles. The molecule has 1 N–H and O–H groups in total. The van der Waals surface area contributed by atoms with E-state index in [1.54, 1.807) is 10.9 Å². The Labute approximate surface area is 135 Å². The van der Waals surface area contributed by atoms with Crippen LogP contribution in [-0.2, 0) is 7.05 Å². The van der Waals surface area contributed by atoms with Crippen molar-refractivity contribution in [2.45, 2.75) is 26.8 Å². The highest BCUT2D eigenvalue weighted by atomic mass is 16.1. The van der Waals surface area contributed by atoms with E-state index in [4.69, 9.17) is 4.98 Å². The number of pyridine rings is 1. The molecule has 0 saturated heterocycles. The molecule has 3 rings (SSSR count). The molecule has 0 aliphatic rings. The molecule has 23 heavy (non-hydrogen) atoms. The van der Waals surface area contributed by atoms with Crippen molar-refractivity contribution in [3.8, 4) is 11.3 Å². The van der Waals surface area contributed by atoms with Gasteiger partial charge in [0, 0.05) is 29.7 Å². The summed E-state index contributed by atoms with van der Waals surface area (Å²) in [5.41, 5.74) is 4.17. The van der Waals surface area contributed by atoms with Crippen molar-refractivity contribution in [2.75, 3.05) is 0 Å². The van der Waals surface area contributed by atoms with Gasteiger partial charge < -0.3 is 5.32 Å². The monoisotopic (exact) mass is 308 g/mol. The number of benzene rings is 1. The minimum absolute atomic E-state index is 0.0815. The zero-order valence-corrected chi connectivity index (χ0v) is 13.8. The molecule has 5 nitrogen and oxygen atoms in total. The second-order valence-electron chi connectivity index (χ2n) is 5.97. The van der Waals surface area contributed by atoms with Crippen LogP contribution in [0.4, 0.5) is 0 Å². The average Bonchev–Trinajstić information content (AvgIpc) is 2.85. The normalized spacial score (nSPS) is 11.2. The van der Waals surface area contributed by atoms with E-state index in [-0.39, 0.29) is 11.9 Å². The largest absolute Gasteiger partial charge is 0.350 e. The Hall–Kier alpha value is -2.69. The number of aryl methyl sites for hydroxylation is 1. The lowest BCUT2D eigenvalue weighted by Crippen LogP contribution is -2.30. The van der Waals surface area contributed by atoms with E-state index < -0.39 is 0 Å². The number of carbonyl (C=O) groups is 1. The number of para-hydroxylation sites is 1. The first-order chi connectivity index (χ1) is 11.0. The Bertz CT molecular complexity index is 880. The molecule has 0 aliphatic carbocycles. The summed E-state index contributed by atoms with van der Waals surface area (Å²) >= 11 is 0. The fourth-order valence-electron chi connectivity index (χ4n) is 2.59. The van der Waals surface area contributed by atoms with Gasteiger partial charge in [0.05, 0.1) is 23.0 Å². The summed E-state index contributed by atoms with van der Waals surface area (Å²) in [5.74, 6) is -0.0820. The summed E-state index contributed by atoms with van der Waals surface area (Å²) in [6.45, 7) is 5.90. The van der Waals surface area contributed by atoms with Crippen molar-refractivity contribution in [1.29, 1.82) is 0 Å². The Morgan fingerprint density at radius 3 is 2.65 bits per heavy atom. The maximum absolute atomic E-state index is 12.6. The van der Waals surface area contributed by atoms with Crippen LogP contribution >= 0.6 is 0 Å². The molecule has 0 atom stereocenters. The van der Waals surface area contributed by atoms with E-state index in [0.29, 0.717) is 5.56 Å². The average molecular weight is 308 g/mol. The van der Waals surface area contributed by atoms with Crippen molar-refractivity contribution < 1.29 is 4.79 Å². The van der Waals surface area contributed by atoms with Crippen LogP contribution in [-0.4, -0.2) is 26.7 Å². The van der Waals surface area contributed by atoms with Gasteiger partial charge in [0.15, 0.2) is 0 Å². The van der Waals surface area contributed by atoms with Gasteiger partial charge in [0.25, 0.3) is 5.91 Å². The van der Waals surface area contributed by atoms with Crippen molar-refractivity contribution in [1.82, 2.24) is 20.1 Å². The number of fused-ring (bicyclic) bond motifs is 1. The van der Waals surface area contributed by atoms with E-state index in [1.165, 1.54) is 0 Å². The van der Waals surface area contributed by atoms with E-state index in [1.807, 2.05) is 58.2 Å². The standard InChI is InChI=1S/C18H20N4O/c1-11(2)20-18(23)14-9-17(15-10-19-22(4)12(15)3)21-16-8-6-5-7-13(14)16/h5-11H,1-4H3,(H,20,23).